The first-order valence-corrected chi connectivity index (χ1v) is 6.47. The number of aryl methyl sites for hydroxylation is 1. The van der Waals surface area contributed by atoms with E-state index in [1.165, 1.54) is 6.07 Å². The van der Waals surface area contributed by atoms with Crippen molar-refractivity contribution in [2.75, 3.05) is 0 Å². The molecule has 0 aliphatic rings. The lowest BCUT2D eigenvalue weighted by Crippen LogP contribution is -2.06. The van der Waals surface area contributed by atoms with Gasteiger partial charge in [0, 0.05) is 16.5 Å². The third-order valence-corrected chi connectivity index (χ3v) is 3.43. The standard InChI is InChI=1S/C17H12FNO2/c1-10-15(17(20)21)16(11-6-2-4-8-13(11)18)12-7-3-5-9-14(12)19-10/h2-9H,1H3,(H,20,21). The molecule has 0 unspecified atom stereocenters. The van der Waals surface area contributed by atoms with Crippen LogP contribution in [-0.4, -0.2) is 16.1 Å². The Morgan fingerprint density at radius 3 is 2.48 bits per heavy atom. The summed E-state index contributed by atoms with van der Waals surface area (Å²) in [5, 5.41) is 10.1. The Balaban J connectivity index is 2.52. The van der Waals surface area contributed by atoms with Crippen molar-refractivity contribution in [2.45, 2.75) is 6.92 Å². The van der Waals surface area contributed by atoms with Crippen LogP contribution in [0.25, 0.3) is 22.0 Å². The maximum atomic E-state index is 14.2. The minimum atomic E-state index is -1.11. The number of carboxylic acids is 1. The van der Waals surface area contributed by atoms with E-state index in [9.17, 15) is 14.3 Å². The predicted molar refractivity (Wildman–Crippen MR) is 78.8 cm³/mol. The van der Waals surface area contributed by atoms with Gasteiger partial charge >= 0.3 is 5.97 Å². The zero-order valence-corrected chi connectivity index (χ0v) is 11.3. The first-order chi connectivity index (χ1) is 10.1. The summed E-state index contributed by atoms with van der Waals surface area (Å²) in [5.41, 5.74) is 1.72. The third-order valence-electron chi connectivity index (χ3n) is 3.43. The number of halogens is 1. The van der Waals surface area contributed by atoms with Crippen LogP contribution < -0.4 is 0 Å². The number of fused-ring (bicyclic) bond motifs is 1. The number of rotatable bonds is 2. The number of hydrogen-bond acceptors (Lipinski definition) is 2. The van der Waals surface area contributed by atoms with Crippen molar-refractivity contribution in [3.63, 3.8) is 0 Å². The molecule has 1 heterocycles. The van der Waals surface area contributed by atoms with Gasteiger partial charge in [-0.1, -0.05) is 36.4 Å². The largest absolute Gasteiger partial charge is 0.478 e. The lowest BCUT2D eigenvalue weighted by molar-refractivity contribution is 0.0696. The van der Waals surface area contributed by atoms with Gasteiger partial charge in [-0.25, -0.2) is 9.18 Å². The number of benzene rings is 2. The van der Waals surface area contributed by atoms with Gasteiger partial charge in [0.05, 0.1) is 16.8 Å². The highest BCUT2D eigenvalue weighted by Gasteiger charge is 2.21. The minimum Gasteiger partial charge on any atom is -0.478 e. The van der Waals surface area contributed by atoms with E-state index in [2.05, 4.69) is 4.98 Å². The highest BCUT2D eigenvalue weighted by atomic mass is 19.1. The fourth-order valence-corrected chi connectivity index (χ4v) is 2.54. The van der Waals surface area contributed by atoms with Crippen LogP contribution in [0.5, 0.6) is 0 Å². The van der Waals surface area contributed by atoms with Gasteiger partial charge in [0.15, 0.2) is 0 Å². The number of pyridine rings is 1. The van der Waals surface area contributed by atoms with Crippen molar-refractivity contribution in [3.8, 4) is 11.1 Å². The summed E-state index contributed by atoms with van der Waals surface area (Å²) in [7, 11) is 0. The summed E-state index contributed by atoms with van der Waals surface area (Å²) in [6.07, 6.45) is 0. The van der Waals surface area contributed by atoms with Crippen LogP contribution in [0.3, 0.4) is 0 Å². The Bertz CT molecular complexity index is 859. The van der Waals surface area contributed by atoms with E-state index in [4.69, 9.17) is 0 Å². The van der Waals surface area contributed by atoms with Crippen LogP contribution in [0.1, 0.15) is 16.1 Å². The maximum Gasteiger partial charge on any atom is 0.338 e. The van der Waals surface area contributed by atoms with Crippen molar-refractivity contribution in [1.29, 1.82) is 0 Å². The van der Waals surface area contributed by atoms with Crippen LogP contribution in [0.4, 0.5) is 4.39 Å². The molecule has 3 nitrogen and oxygen atoms in total. The number of nitrogens with zero attached hydrogens (tertiary/aromatic N) is 1. The lowest BCUT2D eigenvalue weighted by atomic mass is 9.94. The van der Waals surface area contributed by atoms with Gasteiger partial charge in [0.1, 0.15) is 5.82 Å². The molecule has 1 aromatic heterocycles. The molecule has 0 saturated heterocycles. The smallest absolute Gasteiger partial charge is 0.338 e. The normalized spacial score (nSPS) is 10.8. The van der Waals surface area contributed by atoms with E-state index in [1.807, 2.05) is 6.07 Å². The highest BCUT2D eigenvalue weighted by molar-refractivity contribution is 6.07. The average molecular weight is 281 g/mol. The summed E-state index contributed by atoms with van der Waals surface area (Å²) >= 11 is 0. The highest BCUT2D eigenvalue weighted by Crippen LogP contribution is 2.34. The van der Waals surface area contributed by atoms with Gasteiger partial charge in [-0.2, -0.15) is 0 Å². The van der Waals surface area contributed by atoms with E-state index in [0.29, 0.717) is 22.2 Å². The summed E-state index contributed by atoms with van der Waals surface area (Å²) in [6, 6.07) is 13.3. The molecule has 1 N–H and O–H groups in total. The number of para-hydroxylation sites is 1. The maximum absolute atomic E-state index is 14.2. The molecule has 4 heteroatoms. The number of aromatic carboxylic acids is 1. The van der Waals surface area contributed by atoms with E-state index >= 15 is 0 Å². The molecule has 0 atom stereocenters. The zero-order valence-electron chi connectivity index (χ0n) is 11.3. The van der Waals surface area contributed by atoms with Crippen molar-refractivity contribution < 1.29 is 14.3 Å². The fraction of sp³-hybridized carbons (Fsp3) is 0.0588. The first kappa shape index (κ1) is 13.2. The van der Waals surface area contributed by atoms with Crippen LogP contribution >= 0.6 is 0 Å². The third kappa shape index (κ3) is 2.14. The van der Waals surface area contributed by atoms with Gasteiger partial charge in [-0.3, -0.25) is 4.98 Å². The average Bonchev–Trinajstić information content (AvgIpc) is 2.46. The van der Waals surface area contributed by atoms with Crippen LogP contribution in [-0.2, 0) is 0 Å². The number of aromatic nitrogens is 1. The van der Waals surface area contributed by atoms with E-state index in [1.54, 1.807) is 43.3 Å². The van der Waals surface area contributed by atoms with Crippen molar-refractivity contribution in [2.24, 2.45) is 0 Å². The molecule has 0 radical (unpaired) electrons. The number of carbonyl (C=O) groups is 1. The Kier molecular flexibility index (Phi) is 3.14. The van der Waals surface area contributed by atoms with Gasteiger partial charge in [0.25, 0.3) is 0 Å². The van der Waals surface area contributed by atoms with Crippen molar-refractivity contribution in [3.05, 3.63) is 65.6 Å². The molecule has 0 spiro atoms. The summed E-state index contributed by atoms with van der Waals surface area (Å²) in [4.78, 5) is 15.9. The van der Waals surface area contributed by atoms with Gasteiger partial charge < -0.3 is 5.11 Å². The Labute approximate surface area is 120 Å². The second-order valence-corrected chi connectivity index (χ2v) is 4.75. The predicted octanol–water partition coefficient (Wildman–Crippen LogP) is 4.05. The molecular weight excluding hydrogens is 269 g/mol. The summed E-state index contributed by atoms with van der Waals surface area (Å²) in [6.45, 7) is 1.63. The number of carboxylic acid groups (broad SMARTS) is 1. The monoisotopic (exact) mass is 281 g/mol. The first-order valence-electron chi connectivity index (χ1n) is 6.47. The summed E-state index contributed by atoms with van der Waals surface area (Å²) in [5.74, 6) is -1.56. The molecule has 0 fully saturated rings. The van der Waals surface area contributed by atoms with Gasteiger partial charge in [0.2, 0.25) is 0 Å². The molecule has 2 aromatic carbocycles. The van der Waals surface area contributed by atoms with Crippen LogP contribution in [0.15, 0.2) is 48.5 Å². The zero-order chi connectivity index (χ0) is 15.0. The molecule has 3 aromatic rings. The second kappa shape index (κ2) is 4.98. The van der Waals surface area contributed by atoms with E-state index in [-0.39, 0.29) is 11.1 Å². The topological polar surface area (TPSA) is 50.2 Å². The lowest BCUT2D eigenvalue weighted by Gasteiger charge is -2.13. The molecule has 21 heavy (non-hydrogen) atoms. The molecule has 3 rings (SSSR count). The van der Waals surface area contributed by atoms with E-state index in [0.717, 1.165) is 0 Å². The van der Waals surface area contributed by atoms with E-state index < -0.39 is 11.8 Å². The second-order valence-electron chi connectivity index (χ2n) is 4.75. The van der Waals surface area contributed by atoms with Gasteiger partial charge in [-0.15, -0.1) is 0 Å². The van der Waals surface area contributed by atoms with Crippen molar-refractivity contribution >= 4 is 16.9 Å². The number of hydrogen-bond donors (Lipinski definition) is 1. The Morgan fingerprint density at radius 2 is 1.76 bits per heavy atom. The SMILES string of the molecule is Cc1nc2ccccc2c(-c2ccccc2F)c1C(=O)O. The molecule has 0 saturated carbocycles. The minimum absolute atomic E-state index is 0.0406. The molecular formula is C17H12FNO2. The molecule has 0 bridgehead atoms. The van der Waals surface area contributed by atoms with Crippen LogP contribution in [0, 0.1) is 12.7 Å². The fourth-order valence-electron chi connectivity index (χ4n) is 2.54. The molecule has 0 aliphatic heterocycles. The molecule has 104 valence electrons. The van der Waals surface area contributed by atoms with Gasteiger partial charge in [-0.05, 0) is 19.1 Å². The van der Waals surface area contributed by atoms with Crippen molar-refractivity contribution in [1.82, 2.24) is 4.98 Å². The Morgan fingerprint density at radius 1 is 1.10 bits per heavy atom. The summed E-state index contributed by atoms with van der Waals surface area (Å²) < 4.78 is 14.2. The molecule has 0 amide bonds. The molecule has 0 aliphatic carbocycles. The van der Waals surface area contributed by atoms with Crippen LogP contribution in [0.2, 0.25) is 0 Å². The Hall–Kier alpha value is -2.75. The quantitative estimate of drug-likeness (QED) is 0.771.